The maximum Gasteiger partial charge on any atom is 0.0362 e. The second kappa shape index (κ2) is 6.38. The highest BCUT2D eigenvalue weighted by Gasteiger charge is 2.46. The molecule has 0 aromatic heterocycles. The molecule has 18 heavy (non-hydrogen) atoms. The largest absolute Gasteiger partial charge is 0.315 e. The van der Waals surface area contributed by atoms with Crippen molar-refractivity contribution in [3.8, 4) is 0 Å². The minimum Gasteiger partial charge on any atom is -0.315 e. The van der Waals surface area contributed by atoms with Crippen LogP contribution in [0.5, 0.6) is 0 Å². The van der Waals surface area contributed by atoms with E-state index in [1.807, 2.05) is 0 Å². The molecule has 0 spiro atoms. The van der Waals surface area contributed by atoms with Crippen LogP contribution in [0.1, 0.15) is 65.2 Å². The molecule has 1 saturated heterocycles. The number of likely N-dealkylation sites (N-methyl/N-ethyl adjacent to an activating group) is 1. The Morgan fingerprint density at radius 2 is 1.72 bits per heavy atom. The van der Waals surface area contributed by atoms with Gasteiger partial charge in [0.2, 0.25) is 0 Å². The van der Waals surface area contributed by atoms with Crippen LogP contribution >= 0.6 is 0 Å². The molecule has 0 bridgehead atoms. The Labute approximate surface area is 114 Å². The van der Waals surface area contributed by atoms with Crippen molar-refractivity contribution in [1.82, 2.24) is 10.2 Å². The van der Waals surface area contributed by atoms with Crippen molar-refractivity contribution < 1.29 is 0 Å². The van der Waals surface area contributed by atoms with Gasteiger partial charge >= 0.3 is 0 Å². The molecule has 1 heterocycles. The number of hydrogen-bond acceptors (Lipinski definition) is 2. The molecule has 0 amide bonds. The van der Waals surface area contributed by atoms with Gasteiger partial charge in [0.1, 0.15) is 0 Å². The van der Waals surface area contributed by atoms with Crippen molar-refractivity contribution in [3.63, 3.8) is 0 Å². The lowest BCUT2D eigenvalue weighted by atomic mass is 9.81. The van der Waals surface area contributed by atoms with Crippen molar-refractivity contribution >= 4 is 0 Å². The summed E-state index contributed by atoms with van der Waals surface area (Å²) in [4.78, 5) is 2.84. The highest BCUT2D eigenvalue weighted by atomic mass is 15.2. The smallest absolute Gasteiger partial charge is 0.0362 e. The predicted octanol–water partition coefficient (Wildman–Crippen LogP) is 3.42. The zero-order valence-electron chi connectivity index (χ0n) is 12.7. The standard InChI is InChI=1S/C16H32N2/c1-4-14(2)13-15(17-3)16(9-5-6-10-16)18-11-7-8-12-18/h14-15,17H,4-13H2,1-3H3. The maximum absolute atomic E-state index is 3.69. The Kier molecular flexibility index (Phi) is 5.08. The first-order chi connectivity index (χ1) is 8.73. The monoisotopic (exact) mass is 252 g/mol. The first kappa shape index (κ1) is 14.3. The van der Waals surface area contributed by atoms with E-state index in [-0.39, 0.29) is 0 Å². The molecule has 0 radical (unpaired) electrons. The lowest BCUT2D eigenvalue weighted by molar-refractivity contribution is 0.0696. The molecule has 1 N–H and O–H groups in total. The summed E-state index contributed by atoms with van der Waals surface area (Å²) in [5.74, 6) is 0.850. The van der Waals surface area contributed by atoms with E-state index in [4.69, 9.17) is 0 Å². The summed E-state index contributed by atoms with van der Waals surface area (Å²) in [7, 11) is 2.18. The van der Waals surface area contributed by atoms with Crippen LogP contribution in [0.2, 0.25) is 0 Å². The van der Waals surface area contributed by atoms with Gasteiger partial charge in [-0.15, -0.1) is 0 Å². The van der Waals surface area contributed by atoms with Crippen molar-refractivity contribution in [3.05, 3.63) is 0 Å². The summed E-state index contributed by atoms with van der Waals surface area (Å²) < 4.78 is 0. The third-order valence-corrected chi connectivity index (χ3v) is 5.54. The summed E-state index contributed by atoms with van der Waals surface area (Å²) in [6.45, 7) is 7.43. The summed E-state index contributed by atoms with van der Waals surface area (Å²) in [5, 5.41) is 3.69. The van der Waals surface area contributed by atoms with Crippen LogP contribution in [-0.4, -0.2) is 36.6 Å². The molecule has 2 atom stereocenters. The molecule has 0 aromatic rings. The molecule has 2 heteroatoms. The zero-order valence-corrected chi connectivity index (χ0v) is 12.7. The maximum atomic E-state index is 3.69. The minimum atomic E-state index is 0.495. The molecule has 2 aliphatic rings. The van der Waals surface area contributed by atoms with Crippen LogP contribution in [-0.2, 0) is 0 Å². The van der Waals surface area contributed by atoms with E-state index in [0.29, 0.717) is 11.6 Å². The molecule has 2 fully saturated rings. The van der Waals surface area contributed by atoms with Crippen LogP contribution in [0.25, 0.3) is 0 Å². The van der Waals surface area contributed by atoms with E-state index in [1.165, 1.54) is 64.5 Å². The Hall–Kier alpha value is -0.0800. The molecule has 1 aliphatic heterocycles. The van der Waals surface area contributed by atoms with Gasteiger partial charge in [0.15, 0.2) is 0 Å². The van der Waals surface area contributed by atoms with E-state index in [2.05, 4.69) is 31.1 Å². The number of rotatable bonds is 6. The number of nitrogens with zero attached hydrogens (tertiary/aromatic N) is 1. The van der Waals surface area contributed by atoms with Crippen molar-refractivity contribution in [2.24, 2.45) is 5.92 Å². The molecule has 2 nitrogen and oxygen atoms in total. The van der Waals surface area contributed by atoms with Crippen LogP contribution in [0.15, 0.2) is 0 Å². The summed E-state index contributed by atoms with van der Waals surface area (Å²) in [6, 6.07) is 0.702. The van der Waals surface area contributed by atoms with Gasteiger partial charge in [-0.2, -0.15) is 0 Å². The van der Waals surface area contributed by atoms with Crippen LogP contribution in [0.3, 0.4) is 0 Å². The number of likely N-dealkylation sites (tertiary alicyclic amines) is 1. The SMILES string of the molecule is CCC(C)CC(NC)C1(N2CCCC2)CCCC1. The highest BCUT2D eigenvalue weighted by Crippen LogP contribution is 2.41. The highest BCUT2D eigenvalue weighted by molar-refractivity contribution is 5.04. The third-order valence-electron chi connectivity index (χ3n) is 5.54. The van der Waals surface area contributed by atoms with Gasteiger partial charge < -0.3 is 5.32 Å². The fourth-order valence-corrected chi connectivity index (χ4v) is 4.21. The lowest BCUT2D eigenvalue weighted by Crippen LogP contribution is -2.58. The fraction of sp³-hybridized carbons (Fsp3) is 1.00. The quantitative estimate of drug-likeness (QED) is 0.779. The average molecular weight is 252 g/mol. The minimum absolute atomic E-state index is 0.495. The second-order valence-electron chi connectivity index (χ2n) is 6.60. The zero-order chi connectivity index (χ0) is 13.0. The average Bonchev–Trinajstić information content (AvgIpc) is 3.05. The molecule has 2 unspecified atom stereocenters. The van der Waals surface area contributed by atoms with E-state index in [0.717, 1.165) is 5.92 Å². The van der Waals surface area contributed by atoms with Crippen LogP contribution < -0.4 is 5.32 Å². The molecule has 1 saturated carbocycles. The Bertz CT molecular complexity index is 239. The first-order valence-electron chi connectivity index (χ1n) is 8.15. The van der Waals surface area contributed by atoms with Crippen molar-refractivity contribution in [1.29, 1.82) is 0 Å². The Morgan fingerprint density at radius 3 is 2.22 bits per heavy atom. The molecule has 2 rings (SSSR count). The van der Waals surface area contributed by atoms with Crippen LogP contribution in [0, 0.1) is 5.92 Å². The van der Waals surface area contributed by atoms with Gasteiger partial charge in [0.25, 0.3) is 0 Å². The predicted molar refractivity (Wildman–Crippen MR) is 78.9 cm³/mol. The first-order valence-corrected chi connectivity index (χ1v) is 8.15. The normalized spacial score (nSPS) is 27.5. The fourth-order valence-electron chi connectivity index (χ4n) is 4.21. The number of hydrogen-bond donors (Lipinski definition) is 1. The number of nitrogens with one attached hydrogen (secondary N) is 1. The van der Waals surface area contributed by atoms with Gasteiger partial charge in [-0.3, -0.25) is 4.90 Å². The van der Waals surface area contributed by atoms with E-state index >= 15 is 0 Å². The third kappa shape index (κ3) is 2.75. The summed E-state index contributed by atoms with van der Waals surface area (Å²) in [6.07, 6.45) is 11.2. The van der Waals surface area contributed by atoms with Gasteiger partial charge in [-0.05, 0) is 58.2 Å². The van der Waals surface area contributed by atoms with E-state index in [1.54, 1.807) is 0 Å². The molecule has 1 aliphatic carbocycles. The summed E-state index contributed by atoms with van der Waals surface area (Å²) >= 11 is 0. The summed E-state index contributed by atoms with van der Waals surface area (Å²) in [5.41, 5.74) is 0.495. The van der Waals surface area contributed by atoms with E-state index < -0.39 is 0 Å². The van der Waals surface area contributed by atoms with Crippen molar-refractivity contribution in [2.45, 2.75) is 76.8 Å². The van der Waals surface area contributed by atoms with E-state index in [9.17, 15) is 0 Å². The second-order valence-corrected chi connectivity index (χ2v) is 6.60. The molecular formula is C16H32N2. The Morgan fingerprint density at radius 1 is 1.11 bits per heavy atom. The topological polar surface area (TPSA) is 15.3 Å². The Balaban J connectivity index is 2.10. The van der Waals surface area contributed by atoms with Crippen LogP contribution in [0.4, 0.5) is 0 Å². The molecule has 106 valence electrons. The van der Waals surface area contributed by atoms with Crippen molar-refractivity contribution in [2.75, 3.05) is 20.1 Å². The lowest BCUT2D eigenvalue weighted by Gasteiger charge is -2.46. The van der Waals surface area contributed by atoms with Gasteiger partial charge in [-0.25, -0.2) is 0 Å². The van der Waals surface area contributed by atoms with Gasteiger partial charge in [0.05, 0.1) is 0 Å². The van der Waals surface area contributed by atoms with Gasteiger partial charge in [0, 0.05) is 11.6 Å². The molecular weight excluding hydrogens is 220 g/mol. The van der Waals surface area contributed by atoms with Gasteiger partial charge in [-0.1, -0.05) is 33.1 Å². The molecule has 0 aromatic carbocycles.